The summed E-state index contributed by atoms with van der Waals surface area (Å²) < 4.78 is 0. The van der Waals surface area contributed by atoms with E-state index in [4.69, 9.17) is 5.73 Å². The summed E-state index contributed by atoms with van der Waals surface area (Å²) in [6.07, 6.45) is 0. The Balaban J connectivity index is 2.07. The zero-order chi connectivity index (χ0) is 13.8. The van der Waals surface area contributed by atoms with Gasteiger partial charge in [0.2, 0.25) is 5.91 Å². The molecule has 0 saturated heterocycles. The molecule has 19 heavy (non-hydrogen) atoms. The molecule has 0 spiro atoms. The molecular weight excluding hydrogens is 236 g/mol. The number of primary amides is 1. The van der Waals surface area contributed by atoms with Crippen LogP contribution in [0.3, 0.4) is 0 Å². The molecule has 0 atom stereocenters. The fourth-order valence-corrected chi connectivity index (χ4v) is 1.92. The van der Waals surface area contributed by atoms with Crippen molar-refractivity contribution in [2.45, 2.75) is 20.4 Å². The molecule has 2 rings (SSSR count). The van der Waals surface area contributed by atoms with E-state index >= 15 is 0 Å². The smallest absolute Gasteiger partial charge is 0.248 e. The molecular formula is C16H18N2O. The second kappa shape index (κ2) is 5.57. The molecule has 3 N–H and O–H groups in total. The van der Waals surface area contributed by atoms with E-state index in [1.54, 1.807) is 12.1 Å². The summed E-state index contributed by atoms with van der Waals surface area (Å²) in [4.78, 5) is 11.1. The van der Waals surface area contributed by atoms with Crippen LogP contribution in [0.15, 0.2) is 42.5 Å². The van der Waals surface area contributed by atoms with Crippen molar-refractivity contribution >= 4 is 11.6 Å². The Bertz CT molecular complexity index is 588. The van der Waals surface area contributed by atoms with Gasteiger partial charge in [-0.2, -0.15) is 0 Å². The summed E-state index contributed by atoms with van der Waals surface area (Å²) in [5.74, 6) is -0.395. The molecule has 0 saturated carbocycles. The van der Waals surface area contributed by atoms with Gasteiger partial charge in [0.25, 0.3) is 0 Å². The fourth-order valence-electron chi connectivity index (χ4n) is 1.92. The van der Waals surface area contributed by atoms with Gasteiger partial charge in [-0.05, 0) is 43.2 Å². The summed E-state index contributed by atoms with van der Waals surface area (Å²) in [7, 11) is 0. The second-order valence-electron chi connectivity index (χ2n) is 4.73. The van der Waals surface area contributed by atoms with E-state index in [1.807, 2.05) is 13.0 Å². The molecule has 0 aliphatic carbocycles. The van der Waals surface area contributed by atoms with Crippen LogP contribution in [0, 0.1) is 13.8 Å². The van der Waals surface area contributed by atoms with Crippen LogP contribution in [-0.4, -0.2) is 5.91 Å². The highest BCUT2D eigenvalue weighted by molar-refractivity contribution is 5.93. The predicted octanol–water partition coefficient (Wildman–Crippen LogP) is 3.01. The molecule has 0 radical (unpaired) electrons. The number of carbonyl (C=O) groups is 1. The first kappa shape index (κ1) is 13.1. The zero-order valence-electron chi connectivity index (χ0n) is 11.2. The SMILES string of the molecule is Cc1ccc(CNc2ccc(C(N)=O)cc2C)cc1. The third kappa shape index (κ3) is 3.35. The molecule has 0 fully saturated rings. The van der Waals surface area contributed by atoms with Crippen molar-refractivity contribution in [2.24, 2.45) is 5.73 Å². The van der Waals surface area contributed by atoms with E-state index in [0.29, 0.717) is 5.56 Å². The monoisotopic (exact) mass is 254 g/mol. The number of aryl methyl sites for hydroxylation is 2. The van der Waals surface area contributed by atoms with Crippen LogP contribution >= 0.6 is 0 Å². The lowest BCUT2D eigenvalue weighted by Gasteiger charge is -2.10. The average Bonchev–Trinajstić information content (AvgIpc) is 2.39. The second-order valence-corrected chi connectivity index (χ2v) is 4.73. The minimum atomic E-state index is -0.395. The van der Waals surface area contributed by atoms with Crippen LogP contribution in [0.1, 0.15) is 27.0 Å². The fraction of sp³-hybridized carbons (Fsp3) is 0.188. The normalized spacial score (nSPS) is 10.2. The number of nitrogens with two attached hydrogens (primary N) is 1. The number of anilines is 1. The predicted molar refractivity (Wildman–Crippen MR) is 78.2 cm³/mol. The Kier molecular flexibility index (Phi) is 3.85. The number of hydrogen-bond acceptors (Lipinski definition) is 2. The quantitative estimate of drug-likeness (QED) is 0.881. The van der Waals surface area contributed by atoms with Gasteiger partial charge in [-0.3, -0.25) is 4.79 Å². The van der Waals surface area contributed by atoms with Gasteiger partial charge < -0.3 is 11.1 Å². The maximum atomic E-state index is 11.1. The largest absolute Gasteiger partial charge is 0.381 e. The Hall–Kier alpha value is -2.29. The van der Waals surface area contributed by atoms with Crippen molar-refractivity contribution in [3.05, 3.63) is 64.7 Å². The highest BCUT2D eigenvalue weighted by Crippen LogP contribution is 2.17. The van der Waals surface area contributed by atoms with Gasteiger partial charge in [-0.15, -0.1) is 0 Å². The molecule has 3 heteroatoms. The highest BCUT2D eigenvalue weighted by Gasteiger charge is 2.03. The molecule has 3 nitrogen and oxygen atoms in total. The topological polar surface area (TPSA) is 55.1 Å². The van der Waals surface area contributed by atoms with Crippen LogP contribution < -0.4 is 11.1 Å². The first-order valence-corrected chi connectivity index (χ1v) is 6.26. The van der Waals surface area contributed by atoms with Gasteiger partial charge in [0.1, 0.15) is 0 Å². The van der Waals surface area contributed by atoms with Gasteiger partial charge in [-0.25, -0.2) is 0 Å². The first-order chi connectivity index (χ1) is 9.06. The lowest BCUT2D eigenvalue weighted by Crippen LogP contribution is -2.11. The number of benzene rings is 2. The third-order valence-electron chi connectivity index (χ3n) is 3.11. The average molecular weight is 254 g/mol. The van der Waals surface area contributed by atoms with Crippen LogP contribution in [-0.2, 0) is 6.54 Å². The Morgan fingerprint density at radius 1 is 1.11 bits per heavy atom. The van der Waals surface area contributed by atoms with Crippen LogP contribution in [0.5, 0.6) is 0 Å². The lowest BCUT2D eigenvalue weighted by molar-refractivity contribution is 0.1000. The minimum Gasteiger partial charge on any atom is -0.381 e. The van der Waals surface area contributed by atoms with Crippen LogP contribution in [0.4, 0.5) is 5.69 Å². The molecule has 98 valence electrons. The van der Waals surface area contributed by atoms with E-state index in [-0.39, 0.29) is 0 Å². The minimum absolute atomic E-state index is 0.395. The van der Waals surface area contributed by atoms with Crippen LogP contribution in [0.25, 0.3) is 0 Å². The summed E-state index contributed by atoms with van der Waals surface area (Å²) in [6, 6.07) is 13.8. The van der Waals surface area contributed by atoms with E-state index in [0.717, 1.165) is 17.8 Å². The van der Waals surface area contributed by atoms with E-state index in [1.165, 1.54) is 11.1 Å². The first-order valence-electron chi connectivity index (χ1n) is 6.26. The number of rotatable bonds is 4. The molecule has 0 bridgehead atoms. The Morgan fingerprint density at radius 2 is 1.79 bits per heavy atom. The lowest BCUT2D eigenvalue weighted by atomic mass is 10.1. The molecule has 2 aromatic rings. The molecule has 2 aromatic carbocycles. The number of nitrogens with one attached hydrogen (secondary N) is 1. The van der Waals surface area contributed by atoms with Gasteiger partial charge in [0, 0.05) is 17.8 Å². The van der Waals surface area contributed by atoms with Crippen molar-refractivity contribution in [1.29, 1.82) is 0 Å². The Morgan fingerprint density at radius 3 is 2.37 bits per heavy atom. The van der Waals surface area contributed by atoms with Crippen molar-refractivity contribution in [2.75, 3.05) is 5.32 Å². The van der Waals surface area contributed by atoms with Crippen molar-refractivity contribution in [3.8, 4) is 0 Å². The molecule has 0 heterocycles. The van der Waals surface area contributed by atoms with Gasteiger partial charge in [-0.1, -0.05) is 29.8 Å². The van der Waals surface area contributed by atoms with Crippen molar-refractivity contribution in [3.63, 3.8) is 0 Å². The van der Waals surface area contributed by atoms with Gasteiger partial charge >= 0.3 is 0 Å². The van der Waals surface area contributed by atoms with Gasteiger partial charge in [0.05, 0.1) is 0 Å². The summed E-state index contributed by atoms with van der Waals surface area (Å²) in [6.45, 7) is 4.80. The molecule has 0 aliphatic heterocycles. The molecule has 1 amide bonds. The standard InChI is InChI=1S/C16H18N2O/c1-11-3-5-13(6-4-11)10-18-15-8-7-14(16(17)19)9-12(15)2/h3-9,18H,10H2,1-2H3,(H2,17,19). The van der Waals surface area contributed by atoms with Crippen LogP contribution in [0.2, 0.25) is 0 Å². The van der Waals surface area contributed by atoms with Crippen molar-refractivity contribution < 1.29 is 4.79 Å². The number of amides is 1. The van der Waals surface area contributed by atoms with E-state index in [9.17, 15) is 4.79 Å². The van der Waals surface area contributed by atoms with Gasteiger partial charge in [0.15, 0.2) is 0 Å². The maximum absolute atomic E-state index is 11.1. The van der Waals surface area contributed by atoms with E-state index < -0.39 is 5.91 Å². The zero-order valence-corrected chi connectivity index (χ0v) is 11.2. The summed E-state index contributed by atoms with van der Waals surface area (Å²) in [5.41, 5.74) is 10.3. The summed E-state index contributed by atoms with van der Waals surface area (Å²) >= 11 is 0. The number of carbonyl (C=O) groups excluding carboxylic acids is 1. The molecule has 0 aliphatic rings. The third-order valence-corrected chi connectivity index (χ3v) is 3.11. The molecule has 0 unspecified atom stereocenters. The molecule has 0 aromatic heterocycles. The van der Waals surface area contributed by atoms with Crippen molar-refractivity contribution in [1.82, 2.24) is 0 Å². The Labute approximate surface area is 113 Å². The van der Waals surface area contributed by atoms with E-state index in [2.05, 4.69) is 36.5 Å². The highest BCUT2D eigenvalue weighted by atomic mass is 16.1. The maximum Gasteiger partial charge on any atom is 0.248 e. The number of hydrogen-bond donors (Lipinski definition) is 2. The summed E-state index contributed by atoms with van der Waals surface area (Å²) in [5, 5.41) is 3.36.